The molecule has 0 aliphatic carbocycles. The Morgan fingerprint density at radius 2 is 2.21 bits per heavy atom. The number of carbonyl (C=O) groups is 1. The number of methoxy groups -OCH3 is 1. The number of nitrogens with zero attached hydrogens (tertiary/aromatic N) is 1. The van der Waals surface area contributed by atoms with Crippen molar-refractivity contribution < 1.29 is 14.6 Å². The van der Waals surface area contributed by atoms with E-state index in [1.807, 2.05) is 4.90 Å². The highest BCUT2D eigenvalue weighted by atomic mass is 35.5. The molecule has 0 aromatic heterocycles. The highest BCUT2D eigenvalue weighted by Gasteiger charge is 2.30. The molecule has 1 aliphatic rings. The Labute approximate surface area is 121 Å². The van der Waals surface area contributed by atoms with Gasteiger partial charge < -0.3 is 9.84 Å². The van der Waals surface area contributed by atoms with Gasteiger partial charge in [-0.1, -0.05) is 23.2 Å². The van der Waals surface area contributed by atoms with E-state index < -0.39 is 12.0 Å². The van der Waals surface area contributed by atoms with E-state index in [1.165, 1.54) is 7.11 Å². The zero-order chi connectivity index (χ0) is 14.0. The van der Waals surface area contributed by atoms with Crippen molar-refractivity contribution in [3.8, 4) is 5.75 Å². The van der Waals surface area contributed by atoms with E-state index in [4.69, 9.17) is 33.0 Å². The van der Waals surface area contributed by atoms with Crippen molar-refractivity contribution in [2.24, 2.45) is 0 Å². The summed E-state index contributed by atoms with van der Waals surface area (Å²) in [5, 5.41) is 10.2. The SMILES string of the molecule is COc1cc(Cl)c(CN2CCC[C@@H]2C(=O)O)cc1Cl. The molecular formula is C13H15Cl2NO3. The van der Waals surface area contributed by atoms with Crippen molar-refractivity contribution in [2.75, 3.05) is 13.7 Å². The Kier molecular flexibility index (Phi) is 4.55. The summed E-state index contributed by atoms with van der Waals surface area (Å²) in [6.45, 7) is 1.25. The molecule has 0 amide bonds. The second-order valence-electron chi connectivity index (χ2n) is 4.54. The van der Waals surface area contributed by atoms with Gasteiger partial charge in [0, 0.05) is 17.6 Å². The number of ether oxygens (including phenoxy) is 1. The number of carboxylic acid groups (broad SMARTS) is 1. The van der Waals surface area contributed by atoms with Crippen molar-refractivity contribution in [1.29, 1.82) is 0 Å². The van der Waals surface area contributed by atoms with Crippen molar-refractivity contribution >= 4 is 29.2 Å². The summed E-state index contributed by atoms with van der Waals surface area (Å²) in [6.07, 6.45) is 1.56. The molecule has 6 heteroatoms. The summed E-state index contributed by atoms with van der Waals surface area (Å²) in [5.41, 5.74) is 0.820. The van der Waals surface area contributed by atoms with Gasteiger partial charge in [-0.05, 0) is 31.0 Å². The first-order valence-corrected chi connectivity index (χ1v) is 6.77. The smallest absolute Gasteiger partial charge is 0.320 e. The summed E-state index contributed by atoms with van der Waals surface area (Å²) >= 11 is 12.2. The molecule has 1 saturated heterocycles. The largest absolute Gasteiger partial charge is 0.495 e. The lowest BCUT2D eigenvalue weighted by Crippen LogP contribution is -2.35. The van der Waals surface area contributed by atoms with E-state index >= 15 is 0 Å². The average molecular weight is 304 g/mol. The molecule has 0 spiro atoms. The van der Waals surface area contributed by atoms with Crippen molar-refractivity contribution in [2.45, 2.75) is 25.4 Å². The number of likely N-dealkylation sites (tertiary alicyclic amines) is 1. The summed E-state index contributed by atoms with van der Waals surface area (Å²) in [4.78, 5) is 13.0. The molecule has 1 aromatic carbocycles. The van der Waals surface area contributed by atoms with Gasteiger partial charge in [-0.25, -0.2) is 0 Å². The zero-order valence-corrected chi connectivity index (χ0v) is 12.0. The fourth-order valence-electron chi connectivity index (χ4n) is 2.36. The van der Waals surface area contributed by atoms with Crippen LogP contribution in [0.25, 0.3) is 0 Å². The predicted molar refractivity (Wildman–Crippen MR) is 74.1 cm³/mol. The minimum atomic E-state index is -0.784. The molecule has 1 aromatic rings. The monoisotopic (exact) mass is 303 g/mol. The van der Waals surface area contributed by atoms with Crippen molar-refractivity contribution in [3.63, 3.8) is 0 Å². The third kappa shape index (κ3) is 3.14. The quantitative estimate of drug-likeness (QED) is 0.929. The number of hydrogen-bond donors (Lipinski definition) is 1. The molecule has 1 aliphatic heterocycles. The normalized spacial score (nSPS) is 19.6. The highest BCUT2D eigenvalue weighted by molar-refractivity contribution is 6.34. The lowest BCUT2D eigenvalue weighted by atomic mass is 10.1. The van der Waals surface area contributed by atoms with Crippen LogP contribution in [0.2, 0.25) is 10.0 Å². The fourth-order valence-corrected chi connectivity index (χ4v) is 2.84. The van der Waals surface area contributed by atoms with Gasteiger partial charge in [0.2, 0.25) is 0 Å². The maximum absolute atomic E-state index is 11.1. The molecular weight excluding hydrogens is 289 g/mol. The van der Waals surface area contributed by atoms with Crippen LogP contribution in [-0.4, -0.2) is 35.7 Å². The molecule has 0 saturated carbocycles. The third-order valence-corrected chi connectivity index (χ3v) is 3.99. The number of rotatable bonds is 4. The van der Waals surface area contributed by atoms with Crippen LogP contribution < -0.4 is 4.74 Å². The summed E-state index contributed by atoms with van der Waals surface area (Å²) < 4.78 is 5.09. The molecule has 1 atom stereocenters. The van der Waals surface area contributed by atoms with Gasteiger partial charge in [0.15, 0.2) is 0 Å². The minimum Gasteiger partial charge on any atom is -0.495 e. The first-order chi connectivity index (χ1) is 9.02. The van der Waals surface area contributed by atoms with Crippen LogP contribution in [0.15, 0.2) is 12.1 Å². The van der Waals surface area contributed by atoms with Gasteiger partial charge >= 0.3 is 5.97 Å². The van der Waals surface area contributed by atoms with Crippen LogP contribution in [0.3, 0.4) is 0 Å². The fraction of sp³-hybridized carbons (Fsp3) is 0.462. The number of benzene rings is 1. The molecule has 0 unspecified atom stereocenters. The van der Waals surface area contributed by atoms with E-state index in [-0.39, 0.29) is 0 Å². The third-order valence-electron chi connectivity index (χ3n) is 3.34. The van der Waals surface area contributed by atoms with Crippen LogP contribution in [0.5, 0.6) is 5.75 Å². The van der Waals surface area contributed by atoms with Crippen molar-refractivity contribution in [1.82, 2.24) is 4.90 Å². The molecule has 19 heavy (non-hydrogen) atoms. The van der Waals surface area contributed by atoms with Gasteiger partial charge in [-0.3, -0.25) is 9.69 Å². The average Bonchev–Trinajstić information content (AvgIpc) is 2.81. The highest BCUT2D eigenvalue weighted by Crippen LogP contribution is 2.32. The first kappa shape index (κ1) is 14.4. The van der Waals surface area contributed by atoms with E-state index in [9.17, 15) is 4.79 Å². The van der Waals surface area contributed by atoms with E-state index in [0.29, 0.717) is 28.8 Å². The Morgan fingerprint density at radius 3 is 2.84 bits per heavy atom. The second-order valence-corrected chi connectivity index (χ2v) is 5.36. The number of hydrogen-bond acceptors (Lipinski definition) is 3. The maximum Gasteiger partial charge on any atom is 0.320 e. The molecule has 0 bridgehead atoms. The van der Waals surface area contributed by atoms with Crippen LogP contribution in [0.4, 0.5) is 0 Å². The van der Waals surface area contributed by atoms with E-state index in [0.717, 1.165) is 18.5 Å². The summed E-state index contributed by atoms with van der Waals surface area (Å²) in [5.74, 6) is -0.264. The van der Waals surface area contributed by atoms with Crippen LogP contribution in [0, 0.1) is 0 Å². The first-order valence-electron chi connectivity index (χ1n) is 6.01. The lowest BCUT2D eigenvalue weighted by molar-refractivity contribution is -0.142. The molecule has 1 heterocycles. The molecule has 1 fully saturated rings. The van der Waals surface area contributed by atoms with Crippen LogP contribution >= 0.6 is 23.2 Å². The van der Waals surface area contributed by atoms with Gasteiger partial charge in [-0.15, -0.1) is 0 Å². The van der Waals surface area contributed by atoms with Gasteiger partial charge in [0.1, 0.15) is 11.8 Å². The molecule has 2 rings (SSSR count). The topological polar surface area (TPSA) is 49.8 Å². The Bertz CT molecular complexity index is 493. The molecule has 104 valence electrons. The van der Waals surface area contributed by atoms with Crippen LogP contribution in [-0.2, 0) is 11.3 Å². The standard InChI is InChI=1S/C13H15Cl2NO3/c1-19-12-6-9(14)8(5-10(12)15)7-16-4-2-3-11(16)13(17)18/h5-6,11H,2-4,7H2,1H3,(H,17,18)/t11-/m1/s1. The minimum absolute atomic E-state index is 0.433. The maximum atomic E-state index is 11.1. The predicted octanol–water partition coefficient (Wildman–Crippen LogP) is 3.05. The number of carboxylic acids is 1. The Hall–Kier alpha value is -0.970. The lowest BCUT2D eigenvalue weighted by Gasteiger charge is -2.22. The van der Waals surface area contributed by atoms with Crippen LogP contribution in [0.1, 0.15) is 18.4 Å². The summed E-state index contributed by atoms with van der Waals surface area (Å²) in [7, 11) is 1.53. The second kappa shape index (κ2) is 5.99. The number of aliphatic carboxylic acids is 1. The molecule has 1 N–H and O–H groups in total. The molecule has 0 radical (unpaired) electrons. The zero-order valence-electron chi connectivity index (χ0n) is 10.5. The Morgan fingerprint density at radius 1 is 1.47 bits per heavy atom. The van der Waals surface area contributed by atoms with Gasteiger partial charge in [0.25, 0.3) is 0 Å². The van der Waals surface area contributed by atoms with Gasteiger partial charge in [0.05, 0.1) is 12.1 Å². The van der Waals surface area contributed by atoms with E-state index in [2.05, 4.69) is 0 Å². The van der Waals surface area contributed by atoms with Crippen molar-refractivity contribution in [3.05, 3.63) is 27.7 Å². The molecule has 4 nitrogen and oxygen atoms in total. The van der Waals surface area contributed by atoms with E-state index in [1.54, 1.807) is 12.1 Å². The number of halogens is 2. The Balaban J connectivity index is 2.19. The summed E-state index contributed by atoms with van der Waals surface area (Å²) in [6, 6.07) is 2.96. The van der Waals surface area contributed by atoms with Gasteiger partial charge in [-0.2, -0.15) is 0 Å².